The number of nitrogens with one attached hydrogen (secondary N) is 1. The third kappa shape index (κ3) is 5.51. The second-order valence-electron chi connectivity index (χ2n) is 7.98. The molecular formula is C24H23FN4O4S. The maximum absolute atomic E-state index is 14.0. The Balaban J connectivity index is 1.54. The number of allylic oxidation sites excluding steroid dienone is 2. The van der Waals surface area contributed by atoms with Gasteiger partial charge in [0, 0.05) is 18.7 Å². The maximum Gasteiger partial charge on any atom is 0.271 e. The van der Waals surface area contributed by atoms with Gasteiger partial charge in [-0.15, -0.1) is 0 Å². The molecule has 34 heavy (non-hydrogen) atoms. The zero-order chi connectivity index (χ0) is 24.1. The largest absolute Gasteiger partial charge is 0.323 e. The summed E-state index contributed by atoms with van der Waals surface area (Å²) in [5.41, 5.74) is 1.09. The minimum absolute atomic E-state index is 0.143. The molecule has 1 aromatic heterocycles. The highest BCUT2D eigenvalue weighted by Crippen LogP contribution is 2.24. The molecule has 3 aromatic rings. The highest BCUT2D eigenvalue weighted by molar-refractivity contribution is 7.99. The molecule has 0 aliphatic heterocycles. The third-order valence-corrected chi connectivity index (χ3v) is 6.61. The van der Waals surface area contributed by atoms with Crippen molar-refractivity contribution < 1.29 is 14.1 Å². The van der Waals surface area contributed by atoms with E-state index in [1.807, 2.05) is 0 Å². The van der Waals surface area contributed by atoms with E-state index in [4.69, 9.17) is 0 Å². The molecule has 1 aliphatic rings. The van der Waals surface area contributed by atoms with Gasteiger partial charge in [-0.3, -0.25) is 24.3 Å². The number of benzene rings is 2. The van der Waals surface area contributed by atoms with Gasteiger partial charge in [-0.25, -0.2) is 9.37 Å². The molecule has 0 radical (unpaired) electrons. The molecule has 1 heterocycles. The Morgan fingerprint density at radius 3 is 2.82 bits per heavy atom. The number of carbonyl (C=O) groups is 1. The number of hydrogen-bond donors (Lipinski definition) is 1. The first-order valence-electron chi connectivity index (χ1n) is 11.0. The normalized spacial score (nSPS) is 13.5. The Morgan fingerprint density at radius 2 is 2.06 bits per heavy atom. The number of halogens is 1. The van der Waals surface area contributed by atoms with Crippen LogP contribution in [0.3, 0.4) is 0 Å². The number of rotatable bonds is 8. The maximum atomic E-state index is 14.0. The number of nitro groups is 1. The minimum atomic E-state index is -0.773. The standard InChI is InChI=1S/C24H23FN4O4S/c25-19-11-10-17(29(32)33)14-21(19)26-22(30)15-34-24-27-20-9-5-4-8-18(20)23(31)28(24)13-12-16-6-2-1-3-7-16/h4-6,8-11,14H,1-3,7,12-13,15H2,(H,26,30). The van der Waals surface area contributed by atoms with Crippen molar-refractivity contribution in [2.75, 3.05) is 11.1 Å². The molecule has 0 bridgehead atoms. The van der Waals surface area contributed by atoms with Gasteiger partial charge in [-0.05, 0) is 50.3 Å². The number of para-hydroxylation sites is 1. The predicted molar refractivity (Wildman–Crippen MR) is 130 cm³/mol. The molecule has 1 N–H and O–H groups in total. The van der Waals surface area contributed by atoms with Crippen molar-refractivity contribution in [3.63, 3.8) is 0 Å². The molecule has 10 heteroatoms. The van der Waals surface area contributed by atoms with Gasteiger partial charge in [-0.2, -0.15) is 0 Å². The van der Waals surface area contributed by atoms with Crippen LogP contribution >= 0.6 is 11.8 Å². The number of nitrogens with zero attached hydrogens (tertiary/aromatic N) is 3. The molecule has 1 aliphatic carbocycles. The van der Waals surface area contributed by atoms with Crippen LogP contribution in [-0.4, -0.2) is 26.1 Å². The fourth-order valence-electron chi connectivity index (χ4n) is 3.88. The second-order valence-corrected chi connectivity index (χ2v) is 8.93. The van der Waals surface area contributed by atoms with Gasteiger partial charge in [0.2, 0.25) is 5.91 Å². The van der Waals surface area contributed by atoms with Crippen molar-refractivity contribution in [3.8, 4) is 0 Å². The van der Waals surface area contributed by atoms with Gasteiger partial charge >= 0.3 is 0 Å². The van der Waals surface area contributed by atoms with Gasteiger partial charge in [0.1, 0.15) is 5.82 Å². The molecule has 2 aromatic carbocycles. The van der Waals surface area contributed by atoms with E-state index in [1.54, 1.807) is 28.8 Å². The smallest absolute Gasteiger partial charge is 0.271 e. The van der Waals surface area contributed by atoms with Gasteiger partial charge in [0.05, 0.1) is 27.3 Å². The van der Waals surface area contributed by atoms with Crippen LogP contribution in [-0.2, 0) is 11.3 Å². The van der Waals surface area contributed by atoms with Crippen LogP contribution in [0.2, 0.25) is 0 Å². The van der Waals surface area contributed by atoms with Gasteiger partial charge in [-0.1, -0.05) is 35.5 Å². The zero-order valence-electron chi connectivity index (χ0n) is 18.3. The van der Waals surface area contributed by atoms with Crippen LogP contribution in [0.25, 0.3) is 10.9 Å². The summed E-state index contributed by atoms with van der Waals surface area (Å²) in [6.07, 6.45) is 7.37. The molecule has 4 rings (SSSR count). The number of hydrogen-bond acceptors (Lipinski definition) is 6. The monoisotopic (exact) mass is 482 g/mol. The van der Waals surface area contributed by atoms with Crippen LogP contribution in [0.15, 0.2) is 64.1 Å². The van der Waals surface area contributed by atoms with Crippen LogP contribution in [0.5, 0.6) is 0 Å². The van der Waals surface area contributed by atoms with Crippen LogP contribution in [0.4, 0.5) is 15.8 Å². The summed E-state index contributed by atoms with van der Waals surface area (Å²) >= 11 is 1.07. The quantitative estimate of drug-likeness (QED) is 0.158. The molecular weight excluding hydrogens is 459 g/mol. The van der Waals surface area contributed by atoms with E-state index in [0.717, 1.165) is 55.6 Å². The van der Waals surface area contributed by atoms with E-state index in [2.05, 4.69) is 16.4 Å². The highest BCUT2D eigenvalue weighted by atomic mass is 32.2. The first kappa shape index (κ1) is 23.6. The average molecular weight is 483 g/mol. The van der Waals surface area contributed by atoms with Crippen molar-refractivity contribution in [1.82, 2.24) is 9.55 Å². The number of fused-ring (bicyclic) bond motifs is 1. The van der Waals surface area contributed by atoms with E-state index in [0.29, 0.717) is 22.6 Å². The summed E-state index contributed by atoms with van der Waals surface area (Å²) in [6, 6.07) is 9.98. The van der Waals surface area contributed by atoms with Crippen LogP contribution in [0, 0.1) is 15.9 Å². The molecule has 0 fully saturated rings. The highest BCUT2D eigenvalue weighted by Gasteiger charge is 2.16. The number of non-ortho nitro benzene ring substituents is 1. The molecule has 176 valence electrons. The lowest BCUT2D eigenvalue weighted by Crippen LogP contribution is -2.25. The van der Waals surface area contributed by atoms with E-state index < -0.39 is 16.6 Å². The van der Waals surface area contributed by atoms with Gasteiger partial charge in [0.25, 0.3) is 11.2 Å². The number of carbonyl (C=O) groups excluding carboxylic acids is 1. The van der Waals surface area contributed by atoms with Crippen molar-refractivity contribution >= 4 is 39.9 Å². The molecule has 0 atom stereocenters. The van der Waals surface area contributed by atoms with Crippen LogP contribution in [0.1, 0.15) is 32.1 Å². The number of anilines is 1. The summed E-state index contributed by atoms with van der Waals surface area (Å²) < 4.78 is 15.6. The number of nitro benzene ring substituents is 1. The Hall–Kier alpha value is -3.53. The topological polar surface area (TPSA) is 107 Å². The molecule has 8 nitrogen and oxygen atoms in total. The lowest BCUT2D eigenvalue weighted by Gasteiger charge is -2.16. The lowest BCUT2D eigenvalue weighted by molar-refractivity contribution is -0.384. The zero-order valence-corrected chi connectivity index (χ0v) is 19.1. The molecule has 0 spiro atoms. The predicted octanol–water partition coefficient (Wildman–Crippen LogP) is 5.07. The van der Waals surface area contributed by atoms with Crippen molar-refractivity contribution in [3.05, 3.63) is 80.4 Å². The number of amides is 1. The van der Waals surface area contributed by atoms with E-state index in [9.17, 15) is 24.1 Å². The summed E-state index contributed by atoms with van der Waals surface area (Å²) in [5, 5.41) is 14.2. The van der Waals surface area contributed by atoms with E-state index in [-0.39, 0.29) is 22.7 Å². The van der Waals surface area contributed by atoms with Gasteiger partial charge < -0.3 is 5.32 Å². The van der Waals surface area contributed by atoms with Crippen LogP contribution < -0.4 is 10.9 Å². The number of aromatic nitrogens is 2. The SMILES string of the molecule is O=C(CSc1nc2ccccc2c(=O)n1CCC1=CCCCC1)Nc1cc([N+](=O)[O-])ccc1F. The van der Waals surface area contributed by atoms with E-state index in [1.165, 1.54) is 12.0 Å². The van der Waals surface area contributed by atoms with Gasteiger partial charge in [0.15, 0.2) is 5.16 Å². The van der Waals surface area contributed by atoms with Crippen molar-refractivity contribution in [2.24, 2.45) is 0 Å². The Morgan fingerprint density at radius 1 is 1.24 bits per heavy atom. The molecule has 1 amide bonds. The first-order chi connectivity index (χ1) is 16.4. The summed E-state index contributed by atoms with van der Waals surface area (Å²) in [6.45, 7) is 0.450. The Bertz CT molecular complexity index is 1340. The second kappa shape index (κ2) is 10.6. The molecule has 0 saturated carbocycles. The summed E-state index contributed by atoms with van der Waals surface area (Å²) in [5.74, 6) is -1.48. The van der Waals surface area contributed by atoms with Crippen molar-refractivity contribution in [1.29, 1.82) is 0 Å². The lowest BCUT2D eigenvalue weighted by atomic mass is 9.97. The average Bonchev–Trinajstić information content (AvgIpc) is 2.84. The Kier molecular flexibility index (Phi) is 7.36. The minimum Gasteiger partial charge on any atom is -0.323 e. The first-order valence-corrected chi connectivity index (χ1v) is 11.9. The molecule has 0 unspecified atom stereocenters. The van der Waals surface area contributed by atoms with E-state index >= 15 is 0 Å². The Labute approximate surface area is 199 Å². The fraction of sp³-hybridized carbons (Fsp3) is 0.292. The fourth-order valence-corrected chi connectivity index (χ4v) is 4.71. The summed E-state index contributed by atoms with van der Waals surface area (Å²) in [7, 11) is 0. The number of thioether (sulfide) groups is 1. The third-order valence-electron chi connectivity index (χ3n) is 5.64. The summed E-state index contributed by atoms with van der Waals surface area (Å²) in [4.78, 5) is 40.5. The van der Waals surface area contributed by atoms with Crippen molar-refractivity contribution in [2.45, 2.75) is 43.8 Å². The molecule has 0 saturated heterocycles.